The molecule has 0 amide bonds. The first-order valence-electron chi connectivity index (χ1n) is 12.1. The summed E-state index contributed by atoms with van der Waals surface area (Å²) in [6.45, 7) is 14.3. The Morgan fingerprint density at radius 1 is 0.765 bits per heavy atom. The van der Waals surface area contributed by atoms with Gasteiger partial charge in [0.2, 0.25) is 0 Å². The molecule has 0 saturated carbocycles. The van der Waals surface area contributed by atoms with Gasteiger partial charge in [0.05, 0.1) is 18.6 Å². The fourth-order valence-electron chi connectivity index (χ4n) is 3.35. The summed E-state index contributed by atoms with van der Waals surface area (Å²) in [5, 5.41) is 0. The van der Waals surface area contributed by atoms with Crippen molar-refractivity contribution in [1.82, 2.24) is 0 Å². The minimum absolute atomic E-state index is 0.211. The third kappa shape index (κ3) is 15.2. The Balaban J connectivity index is 5.11. The molecule has 0 aliphatic heterocycles. The van der Waals surface area contributed by atoms with Gasteiger partial charge < -0.3 is 18.9 Å². The molecule has 0 aromatic carbocycles. The maximum Gasteiger partial charge on any atom is 0.309 e. The molecule has 0 aliphatic rings. The second kappa shape index (κ2) is 18.7. The van der Waals surface area contributed by atoms with Crippen molar-refractivity contribution in [2.45, 2.75) is 104 Å². The fourth-order valence-corrected chi connectivity index (χ4v) is 3.35. The molecule has 34 heavy (non-hydrogen) atoms. The topological polar surface area (TPSA) is 105 Å². The smallest absolute Gasteiger partial charge is 0.309 e. The number of esters is 4. The van der Waals surface area contributed by atoms with Gasteiger partial charge in [-0.2, -0.15) is 0 Å². The van der Waals surface area contributed by atoms with Crippen LogP contribution in [-0.2, 0) is 38.1 Å². The first-order valence-corrected chi connectivity index (χ1v) is 12.1. The van der Waals surface area contributed by atoms with Crippen molar-refractivity contribution in [3.05, 3.63) is 25.3 Å². The number of carbonyl (C=O) groups excluding carboxylic acids is 4. The lowest BCUT2D eigenvalue weighted by Gasteiger charge is -2.24. The van der Waals surface area contributed by atoms with Crippen molar-refractivity contribution in [3.8, 4) is 0 Å². The van der Waals surface area contributed by atoms with Crippen LogP contribution in [0.25, 0.3) is 0 Å². The molecule has 0 aromatic rings. The number of ether oxygens (including phenoxy) is 4. The average molecular weight is 483 g/mol. The maximum atomic E-state index is 12.5. The Hall–Kier alpha value is -2.64. The zero-order valence-electron chi connectivity index (χ0n) is 21.2. The van der Waals surface area contributed by atoms with E-state index in [9.17, 15) is 19.2 Å². The lowest BCUT2D eigenvalue weighted by Crippen LogP contribution is -2.29. The first-order chi connectivity index (χ1) is 16.2. The van der Waals surface area contributed by atoms with E-state index >= 15 is 0 Å². The number of hydrogen-bond acceptors (Lipinski definition) is 8. The molecule has 8 nitrogen and oxygen atoms in total. The van der Waals surface area contributed by atoms with Gasteiger partial charge >= 0.3 is 23.9 Å². The van der Waals surface area contributed by atoms with Crippen LogP contribution < -0.4 is 0 Å². The lowest BCUT2D eigenvalue weighted by atomic mass is 9.93. The summed E-state index contributed by atoms with van der Waals surface area (Å²) >= 11 is 0. The molecule has 0 bridgehead atoms. The number of carbonyl (C=O) groups is 4. The van der Waals surface area contributed by atoms with E-state index in [0.29, 0.717) is 38.5 Å². The van der Waals surface area contributed by atoms with Crippen molar-refractivity contribution in [3.63, 3.8) is 0 Å². The zero-order valence-corrected chi connectivity index (χ0v) is 21.2. The second-order valence-electron chi connectivity index (χ2n) is 8.22. The lowest BCUT2D eigenvalue weighted by molar-refractivity contribution is -0.157. The highest BCUT2D eigenvalue weighted by Gasteiger charge is 2.27. The highest BCUT2D eigenvalue weighted by Crippen LogP contribution is 2.23. The minimum Gasteiger partial charge on any atom is -0.466 e. The summed E-state index contributed by atoms with van der Waals surface area (Å²) in [7, 11) is 0. The first kappa shape index (κ1) is 31.4. The number of hydrogen-bond donors (Lipinski definition) is 0. The molecule has 0 spiro atoms. The Morgan fingerprint density at radius 3 is 1.76 bits per heavy atom. The van der Waals surface area contributed by atoms with Crippen LogP contribution in [0, 0.1) is 5.92 Å². The van der Waals surface area contributed by atoms with E-state index in [1.807, 2.05) is 0 Å². The summed E-state index contributed by atoms with van der Waals surface area (Å²) in [6, 6.07) is 0. The molecular formula is C26H42O8. The molecular weight excluding hydrogens is 440 g/mol. The van der Waals surface area contributed by atoms with Crippen molar-refractivity contribution in [2.75, 3.05) is 6.61 Å². The van der Waals surface area contributed by atoms with Crippen molar-refractivity contribution in [1.29, 1.82) is 0 Å². The molecule has 0 aromatic heterocycles. The molecule has 194 valence electrons. The van der Waals surface area contributed by atoms with Gasteiger partial charge in [-0.3, -0.25) is 19.2 Å². The second-order valence-corrected chi connectivity index (χ2v) is 8.22. The van der Waals surface area contributed by atoms with E-state index in [1.165, 1.54) is 0 Å². The van der Waals surface area contributed by atoms with Crippen molar-refractivity contribution < 1.29 is 38.1 Å². The van der Waals surface area contributed by atoms with Crippen molar-refractivity contribution >= 4 is 23.9 Å². The summed E-state index contributed by atoms with van der Waals surface area (Å²) < 4.78 is 21.5. The molecule has 0 radical (unpaired) electrons. The van der Waals surface area contributed by atoms with Crippen LogP contribution >= 0.6 is 0 Å². The van der Waals surface area contributed by atoms with Gasteiger partial charge in [-0.05, 0) is 52.9 Å². The van der Waals surface area contributed by atoms with Crippen molar-refractivity contribution in [2.24, 2.45) is 5.92 Å². The van der Waals surface area contributed by atoms with Crippen LogP contribution in [0.2, 0.25) is 0 Å². The van der Waals surface area contributed by atoms with E-state index in [2.05, 4.69) is 13.2 Å². The molecule has 4 atom stereocenters. The normalized spacial score (nSPS) is 14.1. The third-order valence-electron chi connectivity index (χ3n) is 5.03. The van der Waals surface area contributed by atoms with E-state index < -0.39 is 24.2 Å². The van der Waals surface area contributed by atoms with E-state index in [-0.39, 0.29) is 49.7 Å². The fraction of sp³-hybridized carbons (Fsp3) is 0.692. The predicted molar refractivity (Wildman–Crippen MR) is 129 cm³/mol. The molecule has 0 N–H and O–H groups in total. The van der Waals surface area contributed by atoms with Crippen LogP contribution in [0.15, 0.2) is 25.3 Å². The molecule has 0 aliphatic carbocycles. The van der Waals surface area contributed by atoms with E-state index in [4.69, 9.17) is 18.9 Å². The van der Waals surface area contributed by atoms with Crippen LogP contribution in [0.3, 0.4) is 0 Å². The van der Waals surface area contributed by atoms with Gasteiger partial charge in [-0.15, -0.1) is 13.2 Å². The zero-order chi connectivity index (χ0) is 25.9. The van der Waals surface area contributed by atoms with E-state index in [1.54, 1.807) is 39.8 Å². The van der Waals surface area contributed by atoms with Crippen LogP contribution in [0.4, 0.5) is 0 Å². The Bertz CT molecular complexity index is 657. The van der Waals surface area contributed by atoms with Gasteiger partial charge in [-0.25, -0.2) is 0 Å². The summed E-state index contributed by atoms with van der Waals surface area (Å²) in [5.41, 5.74) is 0. The Kier molecular flexibility index (Phi) is 17.3. The maximum absolute atomic E-state index is 12.5. The summed E-state index contributed by atoms with van der Waals surface area (Å²) in [6.07, 6.45) is 4.89. The summed E-state index contributed by atoms with van der Waals surface area (Å²) in [5.74, 6) is -1.98. The number of allylic oxidation sites excluding steroid dienone is 2. The van der Waals surface area contributed by atoms with Crippen LogP contribution in [0.1, 0.15) is 85.5 Å². The number of rotatable bonds is 19. The highest BCUT2D eigenvalue weighted by molar-refractivity contribution is 5.73. The Labute approximate surface area is 204 Å². The largest absolute Gasteiger partial charge is 0.466 e. The molecule has 0 heterocycles. The third-order valence-corrected chi connectivity index (χ3v) is 5.03. The monoisotopic (exact) mass is 482 g/mol. The highest BCUT2D eigenvalue weighted by atomic mass is 16.6. The molecule has 4 unspecified atom stereocenters. The Morgan fingerprint density at radius 2 is 1.29 bits per heavy atom. The summed E-state index contributed by atoms with van der Waals surface area (Å²) in [4.78, 5) is 48.3. The quantitative estimate of drug-likeness (QED) is 0.146. The van der Waals surface area contributed by atoms with E-state index in [0.717, 1.165) is 0 Å². The van der Waals surface area contributed by atoms with Gasteiger partial charge in [0.25, 0.3) is 0 Å². The molecule has 0 saturated heterocycles. The molecule has 0 fully saturated rings. The van der Waals surface area contributed by atoms with Gasteiger partial charge in [0.15, 0.2) is 0 Å². The SMILES string of the molecule is C=CCCC(=O)OC(C)CC(CCC(CC(C)OC(=O)CCC=C)C(=O)OCC)OC(=O)CC. The van der Waals surface area contributed by atoms with Gasteiger partial charge in [-0.1, -0.05) is 19.1 Å². The predicted octanol–water partition coefficient (Wildman–Crippen LogP) is 4.84. The standard InChI is InChI=1S/C26H42O8/c1-7-11-13-24(28)32-19(5)17-21(26(30)31-10-4)15-16-22(34-23(27)9-3)18-20(6)33-25(29)14-12-8-2/h7-8,19-22H,1-2,9-18H2,3-6H3. The van der Waals surface area contributed by atoms with Crippen LogP contribution in [0.5, 0.6) is 0 Å². The molecule has 0 rings (SSSR count). The molecule has 8 heteroatoms. The van der Waals surface area contributed by atoms with Crippen LogP contribution in [-0.4, -0.2) is 48.8 Å². The minimum atomic E-state index is -0.532. The average Bonchev–Trinajstić information content (AvgIpc) is 2.78. The van der Waals surface area contributed by atoms with Gasteiger partial charge in [0.1, 0.15) is 12.2 Å². The van der Waals surface area contributed by atoms with Gasteiger partial charge in [0, 0.05) is 25.7 Å².